The molecule has 2 aromatic heterocycles. The van der Waals surface area contributed by atoms with Gasteiger partial charge >= 0.3 is 0 Å². The summed E-state index contributed by atoms with van der Waals surface area (Å²) in [4.78, 5) is 15.8. The molecule has 0 radical (unpaired) electrons. The molecule has 1 atom stereocenters. The molecule has 3 heterocycles. The van der Waals surface area contributed by atoms with Crippen LogP contribution in [0.25, 0.3) is 11.4 Å². The maximum atomic E-state index is 11.9. The highest BCUT2D eigenvalue weighted by atomic mass is 32.2. The van der Waals surface area contributed by atoms with Crippen LogP contribution in [-0.4, -0.2) is 48.0 Å². The number of sulfone groups is 1. The highest BCUT2D eigenvalue weighted by Gasteiger charge is 2.33. The Morgan fingerprint density at radius 1 is 1.25 bits per heavy atom. The Hall–Kier alpha value is -2.02. The second kappa shape index (κ2) is 5.81. The Balaban J connectivity index is 1.74. The lowest BCUT2D eigenvalue weighted by atomic mass is 10.2. The van der Waals surface area contributed by atoms with Crippen LogP contribution in [0.4, 0.5) is 5.82 Å². The van der Waals surface area contributed by atoms with Gasteiger partial charge in [-0.05, 0) is 37.8 Å². The number of rotatable bonds is 3. The van der Waals surface area contributed by atoms with Gasteiger partial charge in [-0.15, -0.1) is 0 Å². The van der Waals surface area contributed by atoms with Crippen molar-refractivity contribution in [2.24, 2.45) is 0 Å². The summed E-state index contributed by atoms with van der Waals surface area (Å²) in [7, 11) is -3.01. The minimum atomic E-state index is -3.01. The lowest BCUT2D eigenvalue weighted by molar-refractivity contribution is 0.589. The van der Waals surface area contributed by atoms with Crippen molar-refractivity contribution in [3.63, 3.8) is 0 Å². The average molecular weight is 344 g/mol. The molecule has 0 bridgehead atoms. The number of anilines is 1. The van der Waals surface area contributed by atoms with Crippen LogP contribution in [0.15, 0.2) is 24.5 Å². The third-order valence-electron chi connectivity index (χ3n) is 4.88. The van der Waals surface area contributed by atoms with Gasteiger partial charge in [0.1, 0.15) is 5.82 Å². The lowest BCUT2D eigenvalue weighted by Gasteiger charge is -2.21. The van der Waals surface area contributed by atoms with Crippen LogP contribution in [0, 0.1) is 0 Å². The third kappa shape index (κ3) is 2.77. The van der Waals surface area contributed by atoms with Gasteiger partial charge in [0.2, 0.25) is 0 Å². The molecular weight excluding hydrogens is 324 g/mol. The zero-order valence-electron chi connectivity index (χ0n) is 13.6. The number of hydrogen-bond donors (Lipinski definition) is 0. The lowest BCUT2D eigenvalue weighted by Crippen LogP contribution is -2.27. The van der Waals surface area contributed by atoms with Crippen molar-refractivity contribution in [2.45, 2.75) is 30.9 Å². The monoisotopic (exact) mass is 344 g/mol. The molecule has 1 aliphatic heterocycles. The van der Waals surface area contributed by atoms with Gasteiger partial charge < -0.3 is 4.90 Å². The van der Waals surface area contributed by atoms with Crippen molar-refractivity contribution < 1.29 is 8.42 Å². The Kier molecular flexibility index (Phi) is 3.75. The van der Waals surface area contributed by atoms with Crippen LogP contribution in [-0.2, 0) is 22.7 Å². The van der Waals surface area contributed by atoms with Crippen molar-refractivity contribution in [3.05, 3.63) is 35.8 Å². The van der Waals surface area contributed by atoms with E-state index in [4.69, 9.17) is 9.97 Å². The first kappa shape index (κ1) is 15.5. The van der Waals surface area contributed by atoms with E-state index in [0.29, 0.717) is 18.8 Å². The summed E-state index contributed by atoms with van der Waals surface area (Å²) in [6.45, 7) is 1.25. The zero-order valence-corrected chi connectivity index (χ0v) is 14.5. The predicted octanol–water partition coefficient (Wildman–Crippen LogP) is 1.65. The van der Waals surface area contributed by atoms with Gasteiger partial charge in [-0.2, -0.15) is 0 Å². The van der Waals surface area contributed by atoms with E-state index in [9.17, 15) is 8.42 Å². The van der Waals surface area contributed by atoms with E-state index < -0.39 is 9.84 Å². The fraction of sp³-hybridized carbons (Fsp3) is 0.471. The summed E-state index contributed by atoms with van der Waals surface area (Å²) in [5, 5.41) is -0.300. The first-order chi connectivity index (χ1) is 11.5. The minimum Gasteiger partial charge on any atom is -0.355 e. The van der Waals surface area contributed by atoms with Crippen molar-refractivity contribution in [2.75, 3.05) is 24.2 Å². The molecule has 4 rings (SSSR count). The van der Waals surface area contributed by atoms with Crippen LogP contribution in [0.3, 0.4) is 0 Å². The normalized spacial score (nSPS) is 20.4. The van der Waals surface area contributed by atoms with Gasteiger partial charge in [0.15, 0.2) is 15.7 Å². The van der Waals surface area contributed by atoms with E-state index in [1.807, 2.05) is 12.1 Å². The Labute approximate surface area is 141 Å². The van der Waals surface area contributed by atoms with Crippen LogP contribution in [0.5, 0.6) is 0 Å². The number of hydrogen-bond acceptors (Lipinski definition) is 6. The maximum absolute atomic E-state index is 11.9. The molecule has 1 fully saturated rings. The molecule has 0 spiro atoms. The van der Waals surface area contributed by atoms with E-state index in [0.717, 1.165) is 42.9 Å². The smallest absolute Gasteiger partial charge is 0.163 e. The first-order valence-corrected chi connectivity index (χ1v) is 10.2. The average Bonchev–Trinajstić information content (AvgIpc) is 3.23. The quantitative estimate of drug-likeness (QED) is 0.843. The van der Waals surface area contributed by atoms with E-state index >= 15 is 0 Å². The second-order valence-corrected chi connectivity index (χ2v) is 8.90. The van der Waals surface area contributed by atoms with Gasteiger partial charge in [0.05, 0.1) is 5.25 Å². The summed E-state index contributed by atoms with van der Waals surface area (Å²) in [5.41, 5.74) is 3.19. The first-order valence-electron chi connectivity index (χ1n) is 8.26. The summed E-state index contributed by atoms with van der Waals surface area (Å²) in [5.74, 6) is 1.60. The Bertz CT molecular complexity index is 868. The molecule has 2 aliphatic rings. The molecule has 0 aromatic carbocycles. The number of pyridine rings is 1. The van der Waals surface area contributed by atoms with Crippen LogP contribution in [0.1, 0.15) is 24.1 Å². The molecule has 0 amide bonds. The number of aryl methyl sites for hydroxylation is 1. The van der Waals surface area contributed by atoms with Gasteiger partial charge in [-0.1, -0.05) is 0 Å². The fourth-order valence-corrected chi connectivity index (χ4v) is 4.55. The molecule has 0 saturated carbocycles. The summed E-state index contributed by atoms with van der Waals surface area (Å²) < 4.78 is 23.7. The largest absolute Gasteiger partial charge is 0.355 e. The maximum Gasteiger partial charge on any atom is 0.163 e. The molecule has 1 saturated heterocycles. The summed E-state index contributed by atoms with van der Waals surface area (Å²) in [6, 6.07) is 3.83. The van der Waals surface area contributed by atoms with E-state index in [1.54, 1.807) is 12.4 Å². The number of nitrogens with zero attached hydrogens (tertiary/aromatic N) is 4. The van der Waals surface area contributed by atoms with Crippen LogP contribution in [0.2, 0.25) is 0 Å². The molecule has 6 nitrogen and oxygen atoms in total. The molecule has 0 N–H and O–H groups in total. The van der Waals surface area contributed by atoms with Gasteiger partial charge in [-0.25, -0.2) is 18.4 Å². The summed E-state index contributed by atoms with van der Waals surface area (Å²) in [6.07, 6.45) is 8.50. The second-order valence-electron chi connectivity index (χ2n) is 6.58. The predicted molar refractivity (Wildman–Crippen MR) is 92.7 cm³/mol. The molecule has 1 unspecified atom stereocenters. The highest BCUT2D eigenvalue weighted by molar-refractivity contribution is 7.91. The Morgan fingerprint density at radius 2 is 2.12 bits per heavy atom. The molecule has 1 aliphatic carbocycles. The molecular formula is C17H20N4O2S. The molecule has 7 heteroatoms. The van der Waals surface area contributed by atoms with Crippen molar-refractivity contribution >= 4 is 15.7 Å². The standard InChI is InChI=1S/C17H20N4O2S/c1-24(22,23)13-7-9-21(11-13)17-14-5-2-6-15(14)19-16(20-17)12-4-3-8-18-10-12/h3-4,8,10,13H,2,5-7,9,11H2,1H3. The molecule has 126 valence electrons. The van der Waals surface area contributed by atoms with Crippen LogP contribution >= 0.6 is 0 Å². The zero-order chi connectivity index (χ0) is 16.7. The van der Waals surface area contributed by atoms with E-state index in [1.165, 1.54) is 11.8 Å². The number of fused-ring (bicyclic) bond motifs is 1. The Morgan fingerprint density at radius 3 is 2.83 bits per heavy atom. The topological polar surface area (TPSA) is 76.1 Å². The van der Waals surface area contributed by atoms with Gasteiger partial charge in [0, 0.05) is 48.6 Å². The van der Waals surface area contributed by atoms with Crippen molar-refractivity contribution in [3.8, 4) is 11.4 Å². The van der Waals surface area contributed by atoms with Crippen LogP contribution < -0.4 is 4.90 Å². The highest BCUT2D eigenvalue weighted by Crippen LogP contribution is 2.33. The molecule has 24 heavy (non-hydrogen) atoms. The SMILES string of the molecule is CS(=O)(=O)C1CCN(c2nc(-c3cccnc3)nc3c2CCC3)C1. The third-order valence-corrected chi connectivity index (χ3v) is 6.48. The fourth-order valence-electron chi connectivity index (χ4n) is 3.57. The van der Waals surface area contributed by atoms with E-state index in [2.05, 4.69) is 9.88 Å². The molecule has 2 aromatic rings. The summed E-state index contributed by atoms with van der Waals surface area (Å²) >= 11 is 0. The van der Waals surface area contributed by atoms with Gasteiger partial charge in [0.25, 0.3) is 0 Å². The van der Waals surface area contributed by atoms with Crippen molar-refractivity contribution in [1.82, 2.24) is 15.0 Å². The minimum absolute atomic E-state index is 0.300. The van der Waals surface area contributed by atoms with E-state index in [-0.39, 0.29) is 5.25 Å². The van der Waals surface area contributed by atoms with Crippen molar-refractivity contribution in [1.29, 1.82) is 0 Å². The number of aromatic nitrogens is 3. The van der Waals surface area contributed by atoms with Gasteiger partial charge in [-0.3, -0.25) is 4.98 Å².